The van der Waals surface area contributed by atoms with E-state index < -0.39 is 11.6 Å². The average Bonchev–Trinajstić information content (AvgIpc) is 3.24. The molecule has 0 saturated carbocycles. The van der Waals surface area contributed by atoms with Crippen LogP contribution in [0.5, 0.6) is 5.75 Å². The van der Waals surface area contributed by atoms with Crippen LogP contribution in [-0.2, 0) is 11.2 Å². The van der Waals surface area contributed by atoms with E-state index in [9.17, 15) is 13.6 Å². The van der Waals surface area contributed by atoms with E-state index in [-0.39, 0.29) is 18.4 Å². The number of amides is 1. The van der Waals surface area contributed by atoms with Gasteiger partial charge in [-0.25, -0.2) is 8.78 Å². The third-order valence-electron chi connectivity index (χ3n) is 6.33. The highest BCUT2D eigenvalue weighted by Gasteiger charge is 2.47. The van der Waals surface area contributed by atoms with Gasteiger partial charge in [0.1, 0.15) is 17.4 Å². The summed E-state index contributed by atoms with van der Waals surface area (Å²) in [7, 11) is 3.79. The SMILES string of the molecule is COc1ccc([C@H]2[C@@H]3CN(C(=O)CCc4ccc(F)cc4F)C[C@@H]3CN2C)cc1. The Labute approximate surface area is 170 Å². The van der Waals surface area contributed by atoms with Gasteiger partial charge in [0.25, 0.3) is 0 Å². The molecule has 1 amide bonds. The Morgan fingerprint density at radius 3 is 2.55 bits per heavy atom. The molecule has 2 aliphatic rings. The molecular weight excluding hydrogens is 374 g/mol. The van der Waals surface area contributed by atoms with Crippen molar-refractivity contribution in [2.24, 2.45) is 11.8 Å². The minimum atomic E-state index is -0.598. The Bertz CT molecular complexity index is 887. The maximum absolute atomic E-state index is 13.8. The Morgan fingerprint density at radius 2 is 1.86 bits per heavy atom. The lowest BCUT2D eigenvalue weighted by atomic mass is 9.89. The molecule has 2 heterocycles. The Kier molecular flexibility index (Phi) is 5.54. The van der Waals surface area contributed by atoms with Crippen LogP contribution in [0.3, 0.4) is 0 Å². The van der Waals surface area contributed by atoms with Crippen molar-refractivity contribution in [3.8, 4) is 5.75 Å². The van der Waals surface area contributed by atoms with Gasteiger partial charge in [0.15, 0.2) is 0 Å². The number of carbonyl (C=O) groups excluding carboxylic acids is 1. The van der Waals surface area contributed by atoms with Gasteiger partial charge in [0.2, 0.25) is 5.91 Å². The maximum Gasteiger partial charge on any atom is 0.222 e. The fourth-order valence-electron chi connectivity index (χ4n) is 4.89. The lowest BCUT2D eigenvalue weighted by molar-refractivity contribution is -0.130. The monoisotopic (exact) mass is 400 g/mol. The standard InChI is InChI=1S/C23H26F2N2O2/c1-26-12-17-13-27(22(28)10-6-15-3-7-18(24)11-21(15)25)14-20(17)23(26)16-4-8-19(29-2)9-5-16/h3-5,7-9,11,17,20,23H,6,10,12-14H2,1-2H3/t17-,20+,23-/m0/s1. The van der Waals surface area contributed by atoms with Gasteiger partial charge in [0, 0.05) is 44.1 Å². The molecule has 4 nitrogen and oxygen atoms in total. The number of methoxy groups -OCH3 is 1. The van der Waals surface area contributed by atoms with Crippen LogP contribution in [0.2, 0.25) is 0 Å². The third-order valence-corrected chi connectivity index (χ3v) is 6.33. The molecule has 0 N–H and O–H groups in total. The summed E-state index contributed by atoms with van der Waals surface area (Å²) in [5.74, 6) is 0.524. The zero-order valence-corrected chi connectivity index (χ0v) is 16.8. The summed E-state index contributed by atoms with van der Waals surface area (Å²) in [4.78, 5) is 17.0. The van der Waals surface area contributed by atoms with Crippen molar-refractivity contribution in [3.63, 3.8) is 0 Å². The highest BCUT2D eigenvalue weighted by molar-refractivity contribution is 5.77. The van der Waals surface area contributed by atoms with Gasteiger partial charge in [-0.1, -0.05) is 18.2 Å². The molecule has 154 valence electrons. The molecule has 2 aromatic carbocycles. The summed E-state index contributed by atoms with van der Waals surface area (Å²) in [6.45, 7) is 2.42. The molecular formula is C23H26F2N2O2. The van der Waals surface area contributed by atoms with Crippen LogP contribution in [0.15, 0.2) is 42.5 Å². The normalized spacial score (nSPS) is 24.0. The molecule has 29 heavy (non-hydrogen) atoms. The first kappa shape index (κ1) is 19.8. The molecule has 0 unspecified atom stereocenters. The Balaban J connectivity index is 1.40. The van der Waals surface area contributed by atoms with Crippen molar-refractivity contribution in [2.45, 2.75) is 18.9 Å². The van der Waals surface area contributed by atoms with Crippen molar-refractivity contribution in [2.75, 3.05) is 33.8 Å². The van der Waals surface area contributed by atoms with Crippen LogP contribution in [-0.4, -0.2) is 49.5 Å². The van der Waals surface area contributed by atoms with Crippen LogP contribution < -0.4 is 4.74 Å². The summed E-state index contributed by atoms with van der Waals surface area (Å²) in [6, 6.07) is 12.0. The smallest absolute Gasteiger partial charge is 0.222 e. The topological polar surface area (TPSA) is 32.8 Å². The number of benzene rings is 2. The molecule has 0 radical (unpaired) electrons. The maximum atomic E-state index is 13.8. The van der Waals surface area contributed by atoms with E-state index >= 15 is 0 Å². The van der Waals surface area contributed by atoms with Gasteiger partial charge >= 0.3 is 0 Å². The fourth-order valence-corrected chi connectivity index (χ4v) is 4.89. The van der Waals surface area contributed by atoms with Gasteiger partial charge < -0.3 is 9.64 Å². The van der Waals surface area contributed by atoms with Gasteiger partial charge in [-0.15, -0.1) is 0 Å². The zero-order chi connectivity index (χ0) is 20.5. The first-order valence-electron chi connectivity index (χ1n) is 10.0. The Morgan fingerprint density at radius 1 is 1.10 bits per heavy atom. The van der Waals surface area contributed by atoms with Gasteiger partial charge in [-0.3, -0.25) is 9.69 Å². The number of ether oxygens (including phenoxy) is 1. The first-order chi connectivity index (χ1) is 14.0. The number of nitrogens with zero attached hydrogens (tertiary/aromatic N) is 2. The minimum Gasteiger partial charge on any atom is -0.497 e. The molecule has 2 aromatic rings. The molecule has 6 heteroatoms. The lowest BCUT2D eigenvalue weighted by Gasteiger charge is -2.27. The second-order valence-electron chi connectivity index (χ2n) is 8.12. The fraction of sp³-hybridized carbons (Fsp3) is 0.435. The lowest BCUT2D eigenvalue weighted by Crippen LogP contribution is -2.33. The molecule has 2 fully saturated rings. The van der Waals surface area contributed by atoms with Gasteiger partial charge in [-0.05, 0) is 48.7 Å². The van der Waals surface area contributed by atoms with Crippen molar-refractivity contribution in [3.05, 3.63) is 65.2 Å². The van der Waals surface area contributed by atoms with E-state index in [1.807, 2.05) is 17.0 Å². The number of likely N-dealkylation sites (tertiary alicyclic amines) is 2. The second-order valence-corrected chi connectivity index (χ2v) is 8.12. The van der Waals surface area contributed by atoms with Crippen molar-refractivity contribution < 1.29 is 18.3 Å². The highest BCUT2D eigenvalue weighted by Crippen LogP contribution is 2.44. The molecule has 0 bridgehead atoms. The number of hydrogen-bond acceptors (Lipinski definition) is 3. The summed E-state index contributed by atoms with van der Waals surface area (Å²) in [5.41, 5.74) is 1.62. The molecule has 0 spiro atoms. The second kappa shape index (κ2) is 8.11. The van der Waals surface area contributed by atoms with Crippen LogP contribution in [0, 0.1) is 23.5 Å². The van der Waals surface area contributed by atoms with Crippen LogP contribution in [0.25, 0.3) is 0 Å². The van der Waals surface area contributed by atoms with E-state index in [0.717, 1.165) is 31.5 Å². The van der Waals surface area contributed by atoms with E-state index in [1.165, 1.54) is 17.7 Å². The van der Waals surface area contributed by atoms with E-state index in [2.05, 4.69) is 24.1 Å². The number of hydrogen-bond donors (Lipinski definition) is 0. The predicted octanol–water partition coefficient (Wildman–Crippen LogP) is 3.67. The van der Waals surface area contributed by atoms with E-state index in [1.54, 1.807) is 7.11 Å². The van der Waals surface area contributed by atoms with Crippen LogP contribution in [0.1, 0.15) is 23.6 Å². The number of rotatable bonds is 5. The van der Waals surface area contributed by atoms with Crippen LogP contribution in [0.4, 0.5) is 8.78 Å². The number of halogens is 2. The third kappa shape index (κ3) is 3.99. The van der Waals surface area contributed by atoms with E-state index in [0.29, 0.717) is 23.8 Å². The molecule has 4 rings (SSSR count). The van der Waals surface area contributed by atoms with Crippen molar-refractivity contribution in [1.29, 1.82) is 0 Å². The number of aryl methyl sites for hydroxylation is 1. The molecule has 2 aliphatic heterocycles. The van der Waals surface area contributed by atoms with Gasteiger partial charge in [-0.2, -0.15) is 0 Å². The minimum absolute atomic E-state index is 0.0410. The molecule has 0 aromatic heterocycles. The number of carbonyl (C=O) groups is 1. The molecule has 2 saturated heterocycles. The summed E-state index contributed by atoms with van der Waals surface area (Å²) < 4.78 is 32.1. The van der Waals surface area contributed by atoms with Crippen molar-refractivity contribution in [1.82, 2.24) is 9.80 Å². The highest BCUT2D eigenvalue weighted by atomic mass is 19.1. The summed E-state index contributed by atoms with van der Waals surface area (Å²) in [5, 5.41) is 0. The molecule has 0 aliphatic carbocycles. The zero-order valence-electron chi connectivity index (χ0n) is 16.8. The first-order valence-corrected chi connectivity index (χ1v) is 10.0. The Hall–Kier alpha value is -2.47. The van der Waals surface area contributed by atoms with Crippen LogP contribution >= 0.6 is 0 Å². The summed E-state index contributed by atoms with van der Waals surface area (Å²) in [6.07, 6.45) is 0.531. The largest absolute Gasteiger partial charge is 0.497 e. The number of fused-ring (bicyclic) bond motifs is 1. The van der Waals surface area contributed by atoms with E-state index in [4.69, 9.17) is 4.74 Å². The molecule has 3 atom stereocenters. The predicted molar refractivity (Wildman–Crippen MR) is 107 cm³/mol. The average molecular weight is 400 g/mol. The van der Waals surface area contributed by atoms with Gasteiger partial charge in [0.05, 0.1) is 7.11 Å². The van der Waals surface area contributed by atoms with Crippen molar-refractivity contribution >= 4 is 5.91 Å². The summed E-state index contributed by atoms with van der Waals surface area (Å²) >= 11 is 0. The quantitative estimate of drug-likeness (QED) is 0.768.